The van der Waals surface area contributed by atoms with Crippen molar-refractivity contribution < 1.29 is 4.74 Å². The molecule has 0 aromatic heterocycles. The van der Waals surface area contributed by atoms with Gasteiger partial charge in [0.2, 0.25) is 0 Å². The van der Waals surface area contributed by atoms with Crippen molar-refractivity contribution in [1.29, 1.82) is 0 Å². The van der Waals surface area contributed by atoms with Crippen LogP contribution in [-0.2, 0) is 11.3 Å². The van der Waals surface area contributed by atoms with Crippen LogP contribution in [0.5, 0.6) is 0 Å². The Bertz CT molecular complexity index is 377. The molecule has 0 unspecified atom stereocenters. The number of benzene rings is 1. The lowest BCUT2D eigenvalue weighted by atomic mass is 10.1. The normalized spacial score (nSPS) is 11.4. The Morgan fingerprint density at radius 1 is 1.33 bits per heavy atom. The maximum Gasteiger partial charge on any atom is 0.191 e. The molecule has 0 fully saturated rings. The molecule has 0 radical (unpaired) electrons. The summed E-state index contributed by atoms with van der Waals surface area (Å²) in [4.78, 5) is 4.16. The van der Waals surface area contributed by atoms with Gasteiger partial charge in [0, 0.05) is 26.7 Å². The van der Waals surface area contributed by atoms with Crippen LogP contribution in [0.15, 0.2) is 29.3 Å². The van der Waals surface area contributed by atoms with E-state index in [1.54, 1.807) is 7.05 Å². The summed E-state index contributed by atoms with van der Waals surface area (Å²) in [6, 6.07) is 8.43. The van der Waals surface area contributed by atoms with E-state index in [4.69, 9.17) is 4.74 Å². The number of nitrogens with one attached hydrogen (secondary N) is 2. The zero-order valence-electron chi connectivity index (χ0n) is 11.5. The molecule has 0 saturated carbocycles. The summed E-state index contributed by atoms with van der Waals surface area (Å²) in [7, 11) is 1.77. The summed E-state index contributed by atoms with van der Waals surface area (Å²) < 4.78 is 5.26. The van der Waals surface area contributed by atoms with Gasteiger partial charge in [-0.25, -0.2) is 0 Å². The standard InChI is InChI=1S/C14H23N3O/c1-4-18-9-8-16-14(15-3)17-11-13-7-5-6-12(2)10-13/h5-7,10H,4,8-9,11H2,1-3H3,(H2,15,16,17). The van der Waals surface area contributed by atoms with Crippen LogP contribution in [0.1, 0.15) is 18.1 Å². The molecule has 1 aromatic rings. The molecule has 0 aliphatic carbocycles. The van der Waals surface area contributed by atoms with E-state index in [2.05, 4.69) is 46.8 Å². The third-order valence-corrected chi connectivity index (χ3v) is 2.51. The zero-order valence-corrected chi connectivity index (χ0v) is 11.5. The van der Waals surface area contributed by atoms with Gasteiger partial charge in [0.25, 0.3) is 0 Å². The number of rotatable bonds is 6. The summed E-state index contributed by atoms with van der Waals surface area (Å²) >= 11 is 0. The van der Waals surface area contributed by atoms with Crippen molar-refractivity contribution in [3.63, 3.8) is 0 Å². The molecule has 1 aromatic carbocycles. The number of hydrogen-bond donors (Lipinski definition) is 2. The van der Waals surface area contributed by atoms with E-state index in [1.807, 2.05) is 6.92 Å². The van der Waals surface area contributed by atoms with Gasteiger partial charge >= 0.3 is 0 Å². The van der Waals surface area contributed by atoms with Crippen LogP contribution in [0.25, 0.3) is 0 Å². The first-order valence-corrected chi connectivity index (χ1v) is 6.34. The van der Waals surface area contributed by atoms with Crippen LogP contribution in [0, 0.1) is 6.92 Å². The van der Waals surface area contributed by atoms with Gasteiger partial charge in [-0.1, -0.05) is 29.8 Å². The molecule has 100 valence electrons. The fourth-order valence-corrected chi connectivity index (χ4v) is 1.61. The lowest BCUT2D eigenvalue weighted by molar-refractivity contribution is 0.152. The number of ether oxygens (including phenoxy) is 1. The van der Waals surface area contributed by atoms with E-state index >= 15 is 0 Å². The van der Waals surface area contributed by atoms with E-state index in [1.165, 1.54) is 11.1 Å². The summed E-state index contributed by atoms with van der Waals surface area (Å²) in [5.41, 5.74) is 2.52. The van der Waals surface area contributed by atoms with Crippen molar-refractivity contribution in [3.8, 4) is 0 Å². The Morgan fingerprint density at radius 3 is 2.83 bits per heavy atom. The van der Waals surface area contributed by atoms with Gasteiger partial charge in [-0.3, -0.25) is 4.99 Å². The molecule has 0 atom stereocenters. The minimum absolute atomic E-state index is 0.696. The highest BCUT2D eigenvalue weighted by molar-refractivity contribution is 5.79. The van der Waals surface area contributed by atoms with E-state index < -0.39 is 0 Å². The molecule has 0 aliphatic rings. The fraction of sp³-hybridized carbons (Fsp3) is 0.500. The second-order valence-corrected chi connectivity index (χ2v) is 4.04. The molecule has 1 rings (SSSR count). The highest BCUT2D eigenvalue weighted by Crippen LogP contribution is 2.02. The number of guanidine groups is 1. The molecule has 0 amide bonds. The van der Waals surface area contributed by atoms with Crippen LogP contribution in [0.3, 0.4) is 0 Å². The molecule has 4 nitrogen and oxygen atoms in total. The lowest BCUT2D eigenvalue weighted by Gasteiger charge is -2.12. The molecule has 0 saturated heterocycles. The zero-order chi connectivity index (χ0) is 13.2. The minimum atomic E-state index is 0.696. The first-order chi connectivity index (χ1) is 8.76. The SMILES string of the molecule is CCOCCNC(=NC)NCc1cccc(C)c1. The Hall–Kier alpha value is -1.55. The summed E-state index contributed by atoms with van der Waals surface area (Å²) in [6.45, 7) is 7.07. The molecule has 18 heavy (non-hydrogen) atoms. The quantitative estimate of drug-likeness (QED) is 0.458. The molecule has 0 aliphatic heterocycles. The summed E-state index contributed by atoms with van der Waals surface area (Å²) in [5.74, 6) is 0.802. The Morgan fingerprint density at radius 2 is 2.17 bits per heavy atom. The minimum Gasteiger partial charge on any atom is -0.380 e. The number of aryl methyl sites for hydroxylation is 1. The number of hydrogen-bond acceptors (Lipinski definition) is 2. The van der Waals surface area contributed by atoms with E-state index in [0.29, 0.717) is 6.61 Å². The highest BCUT2D eigenvalue weighted by Gasteiger charge is 1.97. The van der Waals surface area contributed by atoms with Gasteiger partial charge in [-0.05, 0) is 19.4 Å². The monoisotopic (exact) mass is 249 g/mol. The third kappa shape index (κ3) is 5.68. The fourth-order valence-electron chi connectivity index (χ4n) is 1.61. The van der Waals surface area contributed by atoms with Crippen molar-refractivity contribution in [2.24, 2.45) is 4.99 Å². The molecule has 0 heterocycles. The van der Waals surface area contributed by atoms with E-state index in [0.717, 1.165) is 25.7 Å². The van der Waals surface area contributed by atoms with Gasteiger partial charge < -0.3 is 15.4 Å². The van der Waals surface area contributed by atoms with Gasteiger partial charge in [-0.2, -0.15) is 0 Å². The number of nitrogens with zero attached hydrogens (tertiary/aromatic N) is 1. The van der Waals surface area contributed by atoms with Crippen molar-refractivity contribution in [3.05, 3.63) is 35.4 Å². The van der Waals surface area contributed by atoms with Gasteiger partial charge in [0.1, 0.15) is 0 Å². The average Bonchev–Trinajstić information content (AvgIpc) is 2.38. The maximum atomic E-state index is 5.26. The molecule has 0 spiro atoms. The second kappa shape index (κ2) is 8.53. The van der Waals surface area contributed by atoms with Crippen LogP contribution in [0.4, 0.5) is 0 Å². The van der Waals surface area contributed by atoms with Crippen LogP contribution in [0.2, 0.25) is 0 Å². The topological polar surface area (TPSA) is 45.6 Å². The van der Waals surface area contributed by atoms with Crippen molar-refractivity contribution in [2.45, 2.75) is 20.4 Å². The molecule has 0 bridgehead atoms. The van der Waals surface area contributed by atoms with Crippen LogP contribution >= 0.6 is 0 Å². The van der Waals surface area contributed by atoms with E-state index in [9.17, 15) is 0 Å². The summed E-state index contributed by atoms with van der Waals surface area (Å²) in [6.07, 6.45) is 0. The predicted molar refractivity (Wildman–Crippen MR) is 75.9 cm³/mol. The van der Waals surface area contributed by atoms with Crippen molar-refractivity contribution >= 4 is 5.96 Å². The largest absolute Gasteiger partial charge is 0.380 e. The smallest absolute Gasteiger partial charge is 0.191 e. The third-order valence-electron chi connectivity index (χ3n) is 2.51. The van der Waals surface area contributed by atoms with Crippen LogP contribution < -0.4 is 10.6 Å². The lowest BCUT2D eigenvalue weighted by Crippen LogP contribution is -2.38. The molecular formula is C14H23N3O. The van der Waals surface area contributed by atoms with Crippen molar-refractivity contribution in [2.75, 3.05) is 26.8 Å². The Labute approximate surface area is 109 Å². The Kier molecular flexibility index (Phi) is 6.87. The average molecular weight is 249 g/mol. The molecular weight excluding hydrogens is 226 g/mol. The van der Waals surface area contributed by atoms with Gasteiger partial charge in [0.15, 0.2) is 5.96 Å². The highest BCUT2D eigenvalue weighted by atomic mass is 16.5. The Balaban J connectivity index is 2.31. The predicted octanol–water partition coefficient (Wildman–Crippen LogP) is 1.70. The van der Waals surface area contributed by atoms with Gasteiger partial charge in [0.05, 0.1) is 6.61 Å². The maximum absolute atomic E-state index is 5.26. The number of aliphatic imine (C=N–C) groups is 1. The first kappa shape index (κ1) is 14.5. The molecule has 2 N–H and O–H groups in total. The second-order valence-electron chi connectivity index (χ2n) is 4.04. The summed E-state index contributed by atoms with van der Waals surface area (Å²) in [5, 5.41) is 6.48. The van der Waals surface area contributed by atoms with Crippen molar-refractivity contribution in [1.82, 2.24) is 10.6 Å². The molecule has 4 heteroatoms. The van der Waals surface area contributed by atoms with Crippen LogP contribution in [-0.4, -0.2) is 32.8 Å². The van der Waals surface area contributed by atoms with Gasteiger partial charge in [-0.15, -0.1) is 0 Å². The first-order valence-electron chi connectivity index (χ1n) is 6.34. The van der Waals surface area contributed by atoms with E-state index in [-0.39, 0.29) is 0 Å².